The molecule has 3 nitrogen and oxygen atoms in total. The predicted octanol–water partition coefficient (Wildman–Crippen LogP) is 2.02. The average Bonchev–Trinajstić information content (AvgIpc) is 1.96. The van der Waals surface area contributed by atoms with E-state index in [1.165, 1.54) is 12.3 Å². The summed E-state index contributed by atoms with van der Waals surface area (Å²) in [6, 6.07) is 1.44. The first-order valence-corrected chi connectivity index (χ1v) is 3.87. The van der Waals surface area contributed by atoms with E-state index in [9.17, 15) is 4.79 Å². The number of carbonyl (C=O) groups is 1. The highest BCUT2D eigenvalue weighted by Crippen LogP contribution is 2.20. The van der Waals surface area contributed by atoms with Crippen LogP contribution in [0.4, 0.5) is 0 Å². The molecule has 0 amide bonds. The third kappa shape index (κ3) is 2.36. The van der Waals surface area contributed by atoms with Crippen molar-refractivity contribution < 1.29 is 9.90 Å². The lowest BCUT2D eigenvalue weighted by molar-refractivity contribution is -0.136. The molecule has 1 rings (SSSR count). The van der Waals surface area contributed by atoms with Crippen molar-refractivity contribution in [3.63, 3.8) is 0 Å². The normalized spacial score (nSPS) is 9.83. The second-order valence-electron chi connectivity index (χ2n) is 2.16. The Balaban J connectivity index is 2.89. The average molecular weight is 206 g/mol. The summed E-state index contributed by atoms with van der Waals surface area (Å²) >= 11 is 11.2. The Morgan fingerprint density at radius 2 is 2.17 bits per heavy atom. The SMILES string of the molecule is O=C(O)Cc1cc(Cl)c(Cl)cn1. The van der Waals surface area contributed by atoms with Gasteiger partial charge in [-0.1, -0.05) is 23.2 Å². The number of pyridine rings is 1. The highest BCUT2D eigenvalue weighted by Gasteiger charge is 2.04. The van der Waals surface area contributed by atoms with Crippen LogP contribution in [0.15, 0.2) is 12.3 Å². The summed E-state index contributed by atoms with van der Waals surface area (Å²) in [6.07, 6.45) is 1.19. The van der Waals surface area contributed by atoms with E-state index >= 15 is 0 Å². The van der Waals surface area contributed by atoms with Crippen LogP contribution in [0, 0.1) is 0 Å². The van der Waals surface area contributed by atoms with Crippen molar-refractivity contribution in [2.45, 2.75) is 6.42 Å². The summed E-state index contributed by atoms with van der Waals surface area (Å²) in [6.45, 7) is 0. The van der Waals surface area contributed by atoms with Gasteiger partial charge in [0.25, 0.3) is 0 Å². The molecule has 0 unspecified atom stereocenters. The van der Waals surface area contributed by atoms with Gasteiger partial charge in [0.1, 0.15) is 0 Å². The zero-order valence-corrected chi connectivity index (χ0v) is 7.43. The minimum absolute atomic E-state index is 0.142. The van der Waals surface area contributed by atoms with Crippen molar-refractivity contribution in [2.75, 3.05) is 0 Å². The van der Waals surface area contributed by atoms with E-state index in [0.717, 1.165) is 0 Å². The number of rotatable bonds is 2. The van der Waals surface area contributed by atoms with Gasteiger partial charge in [-0.25, -0.2) is 0 Å². The lowest BCUT2D eigenvalue weighted by atomic mass is 10.3. The Kier molecular flexibility index (Phi) is 2.89. The minimum atomic E-state index is -0.944. The largest absolute Gasteiger partial charge is 0.481 e. The van der Waals surface area contributed by atoms with E-state index < -0.39 is 5.97 Å². The number of carboxylic acid groups (broad SMARTS) is 1. The lowest BCUT2D eigenvalue weighted by Gasteiger charge is -1.97. The maximum atomic E-state index is 10.2. The molecule has 1 heterocycles. The zero-order chi connectivity index (χ0) is 9.14. The molecule has 0 aliphatic heterocycles. The molecule has 1 aromatic heterocycles. The van der Waals surface area contributed by atoms with Gasteiger partial charge < -0.3 is 5.11 Å². The van der Waals surface area contributed by atoms with E-state index in [0.29, 0.717) is 15.7 Å². The fourth-order valence-electron chi connectivity index (χ4n) is 0.705. The first kappa shape index (κ1) is 9.29. The van der Waals surface area contributed by atoms with Crippen LogP contribution in [0.2, 0.25) is 10.0 Å². The highest BCUT2D eigenvalue weighted by atomic mass is 35.5. The molecule has 0 aliphatic rings. The van der Waals surface area contributed by atoms with Crippen molar-refractivity contribution >= 4 is 29.2 Å². The molecule has 1 aromatic rings. The van der Waals surface area contributed by atoms with E-state index in [-0.39, 0.29) is 6.42 Å². The maximum Gasteiger partial charge on any atom is 0.309 e. The molecule has 0 atom stereocenters. The molecule has 1 N–H and O–H groups in total. The van der Waals surface area contributed by atoms with Gasteiger partial charge in [-0.15, -0.1) is 0 Å². The van der Waals surface area contributed by atoms with Gasteiger partial charge in [-0.2, -0.15) is 0 Å². The van der Waals surface area contributed by atoms with Gasteiger partial charge in [0.15, 0.2) is 0 Å². The van der Waals surface area contributed by atoms with Crippen LogP contribution in [-0.2, 0) is 11.2 Å². The number of halogens is 2. The molecule has 0 aliphatic carbocycles. The molecule has 12 heavy (non-hydrogen) atoms. The smallest absolute Gasteiger partial charge is 0.309 e. The van der Waals surface area contributed by atoms with Crippen molar-refractivity contribution in [3.8, 4) is 0 Å². The van der Waals surface area contributed by atoms with Crippen LogP contribution < -0.4 is 0 Å². The highest BCUT2D eigenvalue weighted by molar-refractivity contribution is 6.41. The Labute approximate surface area is 78.9 Å². The molecule has 0 aromatic carbocycles. The van der Waals surface area contributed by atoms with Crippen LogP contribution in [-0.4, -0.2) is 16.1 Å². The molecule has 0 saturated carbocycles. The minimum Gasteiger partial charge on any atom is -0.481 e. The number of hydrogen-bond acceptors (Lipinski definition) is 2. The van der Waals surface area contributed by atoms with Crippen LogP contribution in [0.5, 0.6) is 0 Å². The quantitative estimate of drug-likeness (QED) is 0.804. The van der Waals surface area contributed by atoms with Gasteiger partial charge in [-0.3, -0.25) is 9.78 Å². The summed E-state index contributed by atoms with van der Waals surface area (Å²) in [5.74, 6) is -0.944. The predicted molar refractivity (Wildman–Crippen MR) is 45.6 cm³/mol. The number of nitrogens with zero attached hydrogens (tertiary/aromatic N) is 1. The number of aliphatic carboxylic acids is 1. The molecule has 5 heteroatoms. The van der Waals surface area contributed by atoms with E-state index in [4.69, 9.17) is 28.3 Å². The Bertz CT molecular complexity index is 314. The van der Waals surface area contributed by atoms with Crippen LogP contribution in [0.3, 0.4) is 0 Å². The van der Waals surface area contributed by atoms with Crippen LogP contribution in [0.1, 0.15) is 5.69 Å². The van der Waals surface area contributed by atoms with Crippen molar-refractivity contribution in [1.82, 2.24) is 4.98 Å². The number of carboxylic acids is 1. The van der Waals surface area contributed by atoms with Crippen molar-refractivity contribution in [3.05, 3.63) is 28.0 Å². The summed E-state index contributed by atoms with van der Waals surface area (Å²) in [5.41, 5.74) is 0.400. The second kappa shape index (κ2) is 3.74. The van der Waals surface area contributed by atoms with Gasteiger partial charge in [0, 0.05) is 6.20 Å². The van der Waals surface area contributed by atoms with Gasteiger partial charge >= 0.3 is 5.97 Å². The molecule has 0 spiro atoms. The Hall–Kier alpha value is -0.800. The lowest BCUT2D eigenvalue weighted by Crippen LogP contribution is -2.01. The van der Waals surface area contributed by atoms with Crippen LogP contribution >= 0.6 is 23.2 Å². The summed E-state index contributed by atoms with van der Waals surface area (Å²) in [4.78, 5) is 14.0. The number of hydrogen-bond donors (Lipinski definition) is 1. The van der Waals surface area contributed by atoms with E-state index in [2.05, 4.69) is 4.98 Å². The summed E-state index contributed by atoms with van der Waals surface area (Å²) < 4.78 is 0. The maximum absolute atomic E-state index is 10.2. The molecular weight excluding hydrogens is 201 g/mol. The molecular formula is C7H5Cl2NO2. The Morgan fingerprint density at radius 1 is 1.50 bits per heavy atom. The first-order valence-electron chi connectivity index (χ1n) is 3.11. The molecule has 0 bridgehead atoms. The third-order valence-electron chi connectivity index (χ3n) is 1.20. The summed E-state index contributed by atoms with van der Waals surface area (Å²) in [5, 5.41) is 9.06. The second-order valence-corrected chi connectivity index (χ2v) is 2.97. The Morgan fingerprint density at radius 3 is 2.67 bits per heavy atom. The topological polar surface area (TPSA) is 50.2 Å². The summed E-state index contributed by atoms with van der Waals surface area (Å²) in [7, 11) is 0. The third-order valence-corrected chi connectivity index (χ3v) is 1.91. The van der Waals surface area contributed by atoms with Crippen molar-refractivity contribution in [1.29, 1.82) is 0 Å². The van der Waals surface area contributed by atoms with E-state index in [1.54, 1.807) is 0 Å². The molecule has 0 radical (unpaired) electrons. The van der Waals surface area contributed by atoms with Crippen LogP contribution in [0.25, 0.3) is 0 Å². The van der Waals surface area contributed by atoms with E-state index in [1.807, 2.05) is 0 Å². The fraction of sp³-hybridized carbons (Fsp3) is 0.143. The van der Waals surface area contributed by atoms with Crippen molar-refractivity contribution in [2.24, 2.45) is 0 Å². The fourth-order valence-corrected chi connectivity index (χ4v) is 0.983. The molecule has 0 saturated heterocycles. The number of aromatic nitrogens is 1. The first-order chi connectivity index (χ1) is 5.59. The zero-order valence-electron chi connectivity index (χ0n) is 5.92. The van der Waals surface area contributed by atoms with Gasteiger partial charge in [0.2, 0.25) is 0 Å². The monoisotopic (exact) mass is 205 g/mol. The standard InChI is InChI=1S/C7H5Cl2NO2/c8-5-1-4(2-7(11)12)10-3-6(5)9/h1,3H,2H2,(H,11,12). The molecule has 0 fully saturated rings. The van der Waals surface area contributed by atoms with Gasteiger partial charge in [-0.05, 0) is 6.07 Å². The molecule has 64 valence electrons. The van der Waals surface area contributed by atoms with Gasteiger partial charge in [0.05, 0.1) is 22.2 Å².